The molecule has 2 aromatic rings. The van der Waals surface area contributed by atoms with Crippen LogP contribution in [0.5, 0.6) is 0 Å². The van der Waals surface area contributed by atoms with E-state index < -0.39 is 12.1 Å². The van der Waals surface area contributed by atoms with E-state index in [2.05, 4.69) is 15.0 Å². The topological polar surface area (TPSA) is 106 Å². The summed E-state index contributed by atoms with van der Waals surface area (Å²) < 4.78 is 37.3. The lowest BCUT2D eigenvalue weighted by Gasteiger charge is -2.19. The summed E-state index contributed by atoms with van der Waals surface area (Å²) in [5, 5.41) is 7.12. The first-order valence-electron chi connectivity index (χ1n) is 9.68. The molecule has 4 rings (SSSR count). The molecule has 1 unspecified atom stereocenters. The fourth-order valence-corrected chi connectivity index (χ4v) is 3.51. The highest BCUT2D eigenvalue weighted by Gasteiger charge is 2.38. The molecule has 4 heterocycles. The van der Waals surface area contributed by atoms with Crippen molar-refractivity contribution in [2.45, 2.75) is 31.4 Å². The fraction of sp³-hybridized carbons (Fsp3) is 0.450. The fourth-order valence-electron chi connectivity index (χ4n) is 3.51. The maximum atomic E-state index is 12.7. The number of carboxylic acids is 1. The summed E-state index contributed by atoms with van der Waals surface area (Å²) in [5.74, 6) is -2.41. The number of aromatic nitrogens is 3. The van der Waals surface area contributed by atoms with Crippen molar-refractivity contribution in [2.75, 3.05) is 26.3 Å². The van der Waals surface area contributed by atoms with Crippen LogP contribution in [0.2, 0.25) is 0 Å². The Morgan fingerprint density at radius 3 is 2.48 bits per heavy atom. The molecule has 1 amide bonds. The molecule has 0 aromatic carbocycles. The van der Waals surface area contributed by atoms with E-state index in [1.54, 1.807) is 18.6 Å². The Labute approximate surface area is 176 Å². The Morgan fingerprint density at radius 1 is 1.13 bits per heavy atom. The molecule has 1 saturated heterocycles. The van der Waals surface area contributed by atoms with Crippen molar-refractivity contribution in [1.82, 2.24) is 19.9 Å². The average Bonchev–Trinajstić information content (AvgIpc) is 3.20. The molecule has 0 radical (unpaired) electrons. The molecule has 11 heteroatoms. The summed E-state index contributed by atoms with van der Waals surface area (Å²) in [4.78, 5) is 36.6. The van der Waals surface area contributed by atoms with Crippen molar-refractivity contribution >= 4 is 11.9 Å². The molecule has 0 bridgehead atoms. The van der Waals surface area contributed by atoms with Gasteiger partial charge in [0.25, 0.3) is 5.91 Å². The monoisotopic (exact) mass is 438 g/mol. The molecular weight excluding hydrogens is 417 g/mol. The van der Waals surface area contributed by atoms with Crippen molar-refractivity contribution in [3.8, 4) is 0 Å². The number of nitrogens with zero attached hydrogens (tertiary/aromatic N) is 4. The number of halogens is 3. The van der Waals surface area contributed by atoms with E-state index >= 15 is 0 Å². The predicted molar refractivity (Wildman–Crippen MR) is 101 cm³/mol. The van der Waals surface area contributed by atoms with Gasteiger partial charge in [-0.3, -0.25) is 9.78 Å². The zero-order valence-electron chi connectivity index (χ0n) is 16.5. The van der Waals surface area contributed by atoms with Gasteiger partial charge in [-0.05, 0) is 30.5 Å². The van der Waals surface area contributed by atoms with Crippen LogP contribution in [0.4, 0.5) is 13.2 Å². The van der Waals surface area contributed by atoms with E-state index in [4.69, 9.17) is 14.6 Å². The van der Waals surface area contributed by atoms with Gasteiger partial charge in [0.1, 0.15) is 12.0 Å². The van der Waals surface area contributed by atoms with Gasteiger partial charge in [0.05, 0.1) is 12.3 Å². The lowest BCUT2D eigenvalue weighted by atomic mass is 9.96. The number of hydrogen-bond donors (Lipinski definition) is 1. The van der Waals surface area contributed by atoms with Crippen LogP contribution in [0.25, 0.3) is 0 Å². The summed E-state index contributed by atoms with van der Waals surface area (Å²) in [5.41, 5.74) is 3.90. The molecule has 31 heavy (non-hydrogen) atoms. The van der Waals surface area contributed by atoms with Crippen LogP contribution in [-0.4, -0.2) is 69.3 Å². The van der Waals surface area contributed by atoms with Crippen LogP contribution in [0.3, 0.4) is 0 Å². The van der Waals surface area contributed by atoms with Crippen LogP contribution in [0.15, 0.2) is 30.7 Å². The van der Waals surface area contributed by atoms with Crippen LogP contribution in [0.1, 0.15) is 39.8 Å². The number of fused-ring (bicyclic) bond motifs is 1. The smallest absolute Gasteiger partial charge is 0.475 e. The molecule has 166 valence electrons. The maximum Gasteiger partial charge on any atom is 0.490 e. The van der Waals surface area contributed by atoms with Crippen LogP contribution >= 0.6 is 0 Å². The number of hydrogen-bond acceptors (Lipinski definition) is 6. The van der Waals surface area contributed by atoms with Gasteiger partial charge >= 0.3 is 12.1 Å². The van der Waals surface area contributed by atoms with Gasteiger partial charge < -0.3 is 14.7 Å². The summed E-state index contributed by atoms with van der Waals surface area (Å²) >= 11 is 0. The molecule has 2 aliphatic rings. The molecule has 0 aliphatic carbocycles. The standard InChI is InChI=1S/C18H20N4O2.C2HF3O2/c23-18(16-3-1-2-7-19-16)22-8-4-14-15(5-9-22)20-12-21-17(14)13-6-10-24-11-13;3-2(4,5)1(6)7/h1-3,7,12-13H,4-6,8-11H2;(H,6,7). The highest BCUT2D eigenvalue weighted by atomic mass is 19.4. The van der Waals surface area contributed by atoms with E-state index in [9.17, 15) is 18.0 Å². The minimum atomic E-state index is -5.08. The lowest BCUT2D eigenvalue weighted by Crippen LogP contribution is -2.33. The largest absolute Gasteiger partial charge is 0.490 e. The van der Waals surface area contributed by atoms with Gasteiger partial charge in [-0.25, -0.2) is 14.8 Å². The minimum Gasteiger partial charge on any atom is -0.475 e. The van der Waals surface area contributed by atoms with Crippen molar-refractivity contribution in [3.63, 3.8) is 0 Å². The second-order valence-corrected chi connectivity index (χ2v) is 7.05. The third-order valence-electron chi connectivity index (χ3n) is 5.05. The molecule has 1 N–H and O–H groups in total. The van der Waals surface area contributed by atoms with E-state index in [0.29, 0.717) is 24.7 Å². The molecular formula is C20H21F3N4O4. The summed E-state index contributed by atoms with van der Waals surface area (Å²) in [6.45, 7) is 2.88. The first kappa shape index (κ1) is 22.6. The number of alkyl halides is 3. The third-order valence-corrected chi connectivity index (χ3v) is 5.05. The van der Waals surface area contributed by atoms with Crippen LogP contribution in [0, 0.1) is 0 Å². The van der Waals surface area contributed by atoms with Gasteiger partial charge in [0.15, 0.2) is 0 Å². The Balaban J connectivity index is 0.000000339. The number of aliphatic carboxylic acids is 1. The number of carbonyl (C=O) groups is 2. The predicted octanol–water partition coefficient (Wildman–Crippen LogP) is 2.25. The Morgan fingerprint density at radius 2 is 1.87 bits per heavy atom. The van der Waals surface area contributed by atoms with Crippen molar-refractivity contribution in [1.29, 1.82) is 0 Å². The lowest BCUT2D eigenvalue weighted by molar-refractivity contribution is -0.192. The molecule has 2 aromatic heterocycles. The number of rotatable bonds is 2. The van der Waals surface area contributed by atoms with Crippen LogP contribution < -0.4 is 0 Å². The number of pyridine rings is 1. The first-order valence-corrected chi connectivity index (χ1v) is 9.68. The number of amides is 1. The van der Waals surface area contributed by atoms with Gasteiger partial charge in [0, 0.05) is 43.9 Å². The number of carbonyl (C=O) groups excluding carboxylic acids is 1. The molecule has 0 spiro atoms. The number of ether oxygens (including phenoxy) is 1. The van der Waals surface area contributed by atoms with Crippen molar-refractivity contribution < 1.29 is 32.6 Å². The Hall–Kier alpha value is -3.08. The number of carboxylic acid groups (broad SMARTS) is 1. The third kappa shape index (κ3) is 5.75. The Kier molecular flexibility index (Phi) is 7.16. The quantitative estimate of drug-likeness (QED) is 0.767. The molecule has 1 fully saturated rings. The van der Waals surface area contributed by atoms with Gasteiger partial charge in [-0.15, -0.1) is 0 Å². The van der Waals surface area contributed by atoms with Gasteiger partial charge in [-0.1, -0.05) is 6.07 Å². The SMILES string of the molecule is O=C(O)C(F)(F)F.O=C(c1ccccn1)N1CCc2ncnc(C3CCOC3)c2CC1. The zero-order valence-corrected chi connectivity index (χ0v) is 16.5. The molecule has 1 atom stereocenters. The molecule has 2 aliphatic heterocycles. The first-order chi connectivity index (χ1) is 14.8. The summed E-state index contributed by atoms with van der Waals surface area (Å²) in [7, 11) is 0. The molecule has 0 saturated carbocycles. The van der Waals surface area contributed by atoms with E-state index in [0.717, 1.165) is 43.9 Å². The van der Waals surface area contributed by atoms with E-state index in [1.165, 1.54) is 5.56 Å². The zero-order chi connectivity index (χ0) is 22.4. The van der Waals surface area contributed by atoms with E-state index in [1.807, 2.05) is 17.0 Å². The highest BCUT2D eigenvalue weighted by molar-refractivity contribution is 5.92. The van der Waals surface area contributed by atoms with Gasteiger partial charge in [-0.2, -0.15) is 13.2 Å². The summed E-state index contributed by atoms with van der Waals surface area (Å²) in [6.07, 6.45) is 0.795. The maximum absolute atomic E-state index is 12.7. The van der Waals surface area contributed by atoms with E-state index in [-0.39, 0.29) is 5.91 Å². The summed E-state index contributed by atoms with van der Waals surface area (Å²) in [6, 6.07) is 5.43. The normalized spacial score (nSPS) is 18.4. The van der Waals surface area contributed by atoms with Crippen molar-refractivity contribution in [2.24, 2.45) is 0 Å². The second-order valence-electron chi connectivity index (χ2n) is 7.05. The van der Waals surface area contributed by atoms with Crippen LogP contribution in [-0.2, 0) is 22.4 Å². The Bertz CT molecular complexity index is 918. The second kappa shape index (κ2) is 9.82. The minimum absolute atomic E-state index is 0.0119. The molecule has 8 nitrogen and oxygen atoms in total. The van der Waals surface area contributed by atoms with Gasteiger partial charge in [0.2, 0.25) is 0 Å². The average molecular weight is 438 g/mol. The van der Waals surface area contributed by atoms with Crippen molar-refractivity contribution in [3.05, 3.63) is 53.4 Å². The highest BCUT2D eigenvalue weighted by Crippen LogP contribution is 2.29.